The first-order valence-electron chi connectivity index (χ1n) is 7.92. The van der Waals surface area contributed by atoms with Crippen LogP contribution in [0.4, 0.5) is 0 Å². The lowest BCUT2D eigenvalue weighted by Crippen LogP contribution is -2.37. The molecule has 0 fully saturated rings. The van der Waals surface area contributed by atoms with Crippen LogP contribution in [0.25, 0.3) is 0 Å². The molecule has 2 aromatic rings. The lowest BCUT2D eigenvalue weighted by Gasteiger charge is -2.14. The summed E-state index contributed by atoms with van der Waals surface area (Å²) in [6.07, 6.45) is 1.01. The molecule has 24 heavy (non-hydrogen) atoms. The Kier molecular flexibility index (Phi) is 9.78. The number of aliphatic imine (C=N–C) groups is 1. The van der Waals surface area contributed by atoms with Gasteiger partial charge in [0.25, 0.3) is 0 Å². The molecule has 0 bridgehead atoms. The van der Waals surface area contributed by atoms with E-state index in [9.17, 15) is 0 Å². The number of thiophene rings is 1. The number of hydrogen-bond acceptors (Lipinski definition) is 3. The Morgan fingerprint density at radius 2 is 2.08 bits per heavy atom. The van der Waals surface area contributed by atoms with Crippen molar-refractivity contribution >= 4 is 41.3 Å². The van der Waals surface area contributed by atoms with Crippen molar-refractivity contribution in [1.82, 2.24) is 10.6 Å². The molecule has 0 radical (unpaired) electrons. The van der Waals surface area contributed by atoms with Gasteiger partial charge < -0.3 is 15.4 Å². The topological polar surface area (TPSA) is 45.6 Å². The second-order valence-corrected chi connectivity index (χ2v) is 6.26. The van der Waals surface area contributed by atoms with Gasteiger partial charge >= 0.3 is 0 Å². The summed E-state index contributed by atoms with van der Waals surface area (Å²) in [6, 6.07) is 10.5. The number of rotatable bonds is 7. The maximum Gasteiger partial charge on any atom is 0.191 e. The summed E-state index contributed by atoms with van der Waals surface area (Å²) >= 11 is 1.78. The summed E-state index contributed by atoms with van der Waals surface area (Å²) in [6.45, 7) is 6.31. The van der Waals surface area contributed by atoms with E-state index in [0.29, 0.717) is 13.2 Å². The van der Waals surface area contributed by atoms with Gasteiger partial charge in [-0.15, -0.1) is 35.3 Å². The van der Waals surface area contributed by atoms with E-state index in [1.807, 2.05) is 6.92 Å². The minimum Gasteiger partial charge on any atom is -0.494 e. The van der Waals surface area contributed by atoms with Crippen LogP contribution in [0.15, 0.2) is 40.7 Å². The normalized spacial score (nSPS) is 10.9. The highest BCUT2D eigenvalue weighted by atomic mass is 127. The zero-order valence-electron chi connectivity index (χ0n) is 14.5. The number of ether oxygens (including phenoxy) is 1. The summed E-state index contributed by atoms with van der Waals surface area (Å²) in [5, 5.41) is 8.80. The number of nitrogens with one attached hydrogen (secondary N) is 2. The van der Waals surface area contributed by atoms with E-state index < -0.39 is 0 Å². The van der Waals surface area contributed by atoms with Crippen LogP contribution in [0.3, 0.4) is 0 Å². The van der Waals surface area contributed by atoms with Crippen LogP contribution in [-0.4, -0.2) is 26.2 Å². The molecule has 6 heteroatoms. The van der Waals surface area contributed by atoms with Gasteiger partial charge in [0.2, 0.25) is 0 Å². The average molecular weight is 459 g/mol. The number of nitrogens with zero attached hydrogens (tertiary/aromatic N) is 1. The summed E-state index contributed by atoms with van der Waals surface area (Å²) in [5.74, 6) is 1.75. The van der Waals surface area contributed by atoms with Crippen molar-refractivity contribution in [3.63, 3.8) is 0 Å². The SMILES string of the molecule is CCOc1cc(C)ccc1CNC(=NC)NCCc1cccs1.I. The predicted octanol–water partition coefficient (Wildman–Crippen LogP) is 3.98. The number of hydrogen-bond donors (Lipinski definition) is 2. The van der Waals surface area contributed by atoms with Crippen LogP contribution >= 0.6 is 35.3 Å². The second kappa shape index (κ2) is 11.3. The molecule has 0 aliphatic carbocycles. The van der Waals surface area contributed by atoms with E-state index in [-0.39, 0.29) is 24.0 Å². The van der Waals surface area contributed by atoms with Gasteiger partial charge in [-0.1, -0.05) is 18.2 Å². The molecule has 2 N–H and O–H groups in total. The van der Waals surface area contributed by atoms with E-state index in [0.717, 1.165) is 30.2 Å². The molecule has 0 spiro atoms. The highest BCUT2D eigenvalue weighted by Crippen LogP contribution is 2.20. The zero-order chi connectivity index (χ0) is 16.5. The van der Waals surface area contributed by atoms with Crippen molar-refractivity contribution in [2.45, 2.75) is 26.8 Å². The number of halogens is 1. The molecule has 0 aliphatic heterocycles. The Labute approximate surface area is 165 Å². The van der Waals surface area contributed by atoms with Crippen molar-refractivity contribution in [3.05, 3.63) is 51.7 Å². The van der Waals surface area contributed by atoms with Gasteiger partial charge in [-0.05, 0) is 43.3 Å². The third kappa shape index (κ3) is 6.68. The molecule has 132 valence electrons. The Morgan fingerprint density at radius 1 is 1.25 bits per heavy atom. The average Bonchev–Trinajstić information content (AvgIpc) is 3.06. The van der Waals surface area contributed by atoms with Gasteiger partial charge in [0.1, 0.15) is 5.75 Å². The highest BCUT2D eigenvalue weighted by Gasteiger charge is 2.05. The van der Waals surface area contributed by atoms with Crippen LogP contribution in [-0.2, 0) is 13.0 Å². The summed E-state index contributed by atoms with van der Waals surface area (Å²) < 4.78 is 5.71. The first-order valence-corrected chi connectivity index (χ1v) is 8.80. The van der Waals surface area contributed by atoms with E-state index >= 15 is 0 Å². The number of guanidine groups is 1. The number of benzene rings is 1. The van der Waals surface area contributed by atoms with E-state index in [1.54, 1.807) is 18.4 Å². The highest BCUT2D eigenvalue weighted by molar-refractivity contribution is 14.0. The molecule has 0 aliphatic rings. The maximum atomic E-state index is 5.71. The molecular weight excluding hydrogens is 433 g/mol. The fraction of sp³-hybridized carbons (Fsp3) is 0.389. The molecule has 1 aromatic carbocycles. The standard InChI is InChI=1S/C18H25N3OS.HI/c1-4-22-17-12-14(2)7-8-15(17)13-21-18(19-3)20-10-9-16-6-5-11-23-16;/h5-8,11-12H,4,9-10,13H2,1-3H3,(H2,19,20,21);1H. The van der Waals surface area contributed by atoms with Crippen molar-refractivity contribution in [1.29, 1.82) is 0 Å². The van der Waals surface area contributed by atoms with Crippen LogP contribution in [0.1, 0.15) is 22.9 Å². The third-order valence-corrected chi connectivity index (χ3v) is 4.37. The van der Waals surface area contributed by atoms with Crippen molar-refractivity contribution < 1.29 is 4.74 Å². The van der Waals surface area contributed by atoms with Crippen molar-refractivity contribution in [3.8, 4) is 5.75 Å². The van der Waals surface area contributed by atoms with E-state index in [1.165, 1.54) is 10.4 Å². The van der Waals surface area contributed by atoms with Gasteiger partial charge in [0.05, 0.1) is 6.61 Å². The largest absolute Gasteiger partial charge is 0.494 e. The molecular formula is C18H26IN3OS. The van der Waals surface area contributed by atoms with Crippen LogP contribution in [0, 0.1) is 6.92 Å². The minimum atomic E-state index is 0. The van der Waals surface area contributed by atoms with Gasteiger partial charge in [-0.2, -0.15) is 0 Å². The maximum absolute atomic E-state index is 5.71. The molecule has 4 nitrogen and oxygen atoms in total. The first-order chi connectivity index (χ1) is 11.2. The second-order valence-electron chi connectivity index (χ2n) is 5.23. The van der Waals surface area contributed by atoms with Crippen LogP contribution in [0.5, 0.6) is 5.75 Å². The van der Waals surface area contributed by atoms with E-state index in [2.05, 4.69) is 58.3 Å². The van der Waals surface area contributed by atoms with Gasteiger partial charge in [0.15, 0.2) is 5.96 Å². The van der Waals surface area contributed by atoms with E-state index in [4.69, 9.17) is 4.74 Å². The summed E-state index contributed by atoms with van der Waals surface area (Å²) in [7, 11) is 1.79. The smallest absolute Gasteiger partial charge is 0.191 e. The lowest BCUT2D eigenvalue weighted by molar-refractivity contribution is 0.336. The van der Waals surface area contributed by atoms with Crippen LogP contribution in [0.2, 0.25) is 0 Å². The molecule has 0 saturated carbocycles. The molecule has 1 aromatic heterocycles. The quantitative estimate of drug-likeness (QED) is 0.374. The zero-order valence-corrected chi connectivity index (χ0v) is 17.6. The van der Waals surface area contributed by atoms with Gasteiger partial charge in [-0.25, -0.2) is 0 Å². The first kappa shape index (κ1) is 20.8. The summed E-state index contributed by atoms with van der Waals surface area (Å²) in [5.41, 5.74) is 2.34. The molecule has 0 amide bonds. The van der Waals surface area contributed by atoms with Crippen molar-refractivity contribution in [2.24, 2.45) is 4.99 Å². The molecule has 2 rings (SSSR count). The van der Waals surface area contributed by atoms with Gasteiger partial charge in [0, 0.05) is 30.6 Å². The Balaban J connectivity index is 0.00000288. The predicted molar refractivity (Wildman–Crippen MR) is 114 cm³/mol. The molecule has 1 heterocycles. The fourth-order valence-corrected chi connectivity index (χ4v) is 2.97. The fourth-order valence-electron chi connectivity index (χ4n) is 2.26. The third-order valence-electron chi connectivity index (χ3n) is 3.44. The Morgan fingerprint density at radius 3 is 2.75 bits per heavy atom. The minimum absolute atomic E-state index is 0. The van der Waals surface area contributed by atoms with Crippen molar-refractivity contribution in [2.75, 3.05) is 20.2 Å². The molecule has 0 unspecified atom stereocenters. The summed E-state index contributed by atoms with van der Waals surface area (Å²) in [4.78, 5) is 5.65. The monoisotopic (exact) mass is 459 g/mol. The Hall–Kier alpha value is -1.28. The molecule has 0 saturated heterocycles. The van der Waals surface area contributed by atoms with Crippen LogP contribution < -0.4 is 15.4 Å². The Bertz CT molecular complexity index is 629. The lowest BCUT2D eigenvalue weighted by atomic mass is 10.1. The van der Waals surface area contributed by atoms with Gasteiger partial charge in [-0.3, -0.25) is 4.99 Å². The number of aryl methyl sites for hydroxylation is 1. The molecule has 0 atom stereocenters.